The van der Waals surface area contributed by atoms with Crippen molar-refractivity contribution in [3.05, 3.63) is 0 Å². The lowest BCUT2D eigenvalue weighted by atomic mass is 10.1. The second-order valence-corrected chi connectivity index (χ2v) is 5.94. The molecule has 0 aromatic carbocycles. The number of hydrogen-bond acceptors (Lipinski definition) is 4. The molecule has 22 heavy (non-hydrogen) atoms. The molecule has 0 spiro atoms. The van der Waals surface area contributed by atoms with Gasteiger partial charge in [0.2, 0.25) is 0 Å². The predicted molar refractivity (Wildman–Crippen MR) is 88.5 cm³/mol. The number of carbonyl (C=O) groups excluding carboxylic acids is 2. The van der Waals surface area contributed by atoms with Gasteiger partial charge < -0.3 is 9.47 Å². The van der Waals surface area contributed by atoms with Crippen LogP contribution < -0.4 is 0 Å². The molecule has 0 heterocycles. The van der Waals surface area contributed by atoms with Gasteiger partial charge in [-0.3, -0.25) is 9.59 Å². The van der Waals surface area contributed by atoms with Crippen LogP contribution >= 0.6 is 0 Å². The summed E-state index contributed by atoms with van der Waals surface area (Å²) in [5.74, 6) is 0.614. The Balaban J connectivity index is 3.62. The van der Waals surface area contributed by atoms with Crippen molar-refractivity contribution in [2.75, 3.05) is 13.2 Å². The molecule has 0 aliphatic rings. The van der Waals surface area contributed by atoms with Crippen molar-refractivity contribution in [1.29, 1.82) is 0 Å². The van der Waals surface area contributed by atoms with Gasteiger partial charge >= 0.3 is 11.9 Å². The summed E-state index contributed by atoms with van der Waals surface area (Å²) in [4.78, 5) is 23.2. The Morgan fingerprint density at radius 2 is 1.00 bits per heavy atom. The lowest BCUT2D eigenvalue weighted by Crippen LogP contribution is -2.14. The third-order valence-electron chi connectivity index (χ3n) is 4.28. The van der Waals surface area contributed by atoms with Gasteiger partial charge in [-0.25, -0.2) is 0 Å². The van der Waals surface area contributed by atoms with Gasteiger partial charge in [0, 0.05) is 12.8 Å². The molecule has 0 unspecified atom stereocenters. The number of unbranched alkanes of at least 4 members (excludes halogenated alkanes) is 1. The van der Waals surface area contributed by atoms with Crippen LogP contribution in [0.4, 0.5) is 0 Å². The molecule has 4 heteroatoms. The van der Waals surface area contributed by atoms with E-state index >= 15 is 0 Å². The fourth-order valence-electron chi connectivity index (χ4n) is 2.15. The molecule has 0 fully saturated rings. The average Bonchev–Trinajstić information content (AvgIpc) is 2.53. The first-order valence-corrected chi connectivity index (χ1v) is 8.88. The molecular weight excluding hydrogens is 280 g/mol. The van der Waals surface area contributed by atoms with Crippen molar-refractivity contribution >= 4 is 11.9 Å². The van der Waals surface area contributed by atoms with Crippen LogP contribution in [0.2, 0.25) is 0 Å². The second kappa shape index (κ2) is 13.6. The number of hydrogen-bond donors (Lipinski definition) is 0. The van der Waals surface area contributed by atoms with Gasteiger partial charge in [0.25, 0.3) is 0 Å². The van der Waals surface area contributed by atoms with Crippen molar-refractivity contribution in [2.24, 2.45) is 11.8 Å². The van der Waals surface area contributed by atoms with E-state index in [1.54, 1.807) is 0 Å². The van der Waals surface area contributed by atoms with Crippen LogP contribution in [-0.4, -0.2) is 25.2 Å². The maximum absolute atomic E-state index is 11.6. The average molecular weight is 314 g/mol. The largest absolute Gasteiger partial charge is 0.465 e. The van der Waals surface area contributed by atoms with E-state index in [2.05, 4.69) is 27.7 Å². The van der Waals surface area contributed by atoms with Crippen molar-refractivity contribution in [3.8, 4) is 0 Å². The first kappa shape index (κ1) is 20.9. The smallest absolute Gasteiger partial charge is 0.305 e. The molecule has 0 N–H and O–H groups in total. The van der Waals surface area contributed by atoms with Crippen molar-refractivity contribution in [2.45, 2.75) is 79.1 Å². The Hall–Kier alpha value is -1.06. The van der Waals surface area contributed by atoms with Crippen molar-refractivity contribution in [1.82, 2.24) is 0 Å². The Bertz CT molecular complexity index is 263. The monoisotopic (exact) mass is 314 g/mol. The first-order valence-electron chi connectivity index (χ1n) is 8.88. The van der Waals surface area contributed by atoms with E-state index in [9.17, 15) is 9.59 Å². The number of ether oxygens (including phenoxy) is 2. The molecule has 0 aromatic rings. The number of rotatable bonds is 13. The maximum Gasteiger partial charge on any atom is 0.305 e. The topological polar surface area (TPSA) is 52.6 Å². The number of carbonyl (C=O) groups is 2. The van der Waals surface area contributed by atoms with Gasteiger partial charge in [-0.05, 0) is 24.7 Å². The van der Waals surface area contributed by atoms with E-state index in [0.717, 1.165) is 25.7 Å². The molecule has 0 saturated carbocycles. The zero-order valence-electron chi connectivity index (χ0n) is 14.9. The summed E-state index contributed by atoms with van der Waals surface area (Å²) in [6.07, 6.45) is 6.28. The maximum atomic E-state index is 11.6. The summed E-state index contributed by atoms with van der Waals surface area (Å²) >= 11 is 0. The van der Waals surface area contributed by atoms with Gasteiger partial charge in [-0.15, -0.1) is 0 Å². The summed E-state index contributed by atoms with van der Waals surface area (Å²) in [6, 6.07) is 0. The Labute approximate surface area is 135 Å². The molecule has 0 aliphatic carbocycles. The highest BCUT2D eigenvalue weighted by Gasteiger charge is 2.10. The van der Waals surface area contributed by atoms with E-state index in [1.807, 2.05) is 0 Å². The van der Waals surface area contributed by atoms with Crippen molar-refractivity contribution < 1.29 is 19.1 Å². The molecule has 0 aliphatic heterocycles. The molecule has 4 nitrogen and oxygen atoms in total. The minimum Gasteiger partial charge on any atom is -0.465 e. The van der Waals surface area contributed by atoms with E-state index < -0.39 is 0 Å². The van der Waals surface area contributed by atoms with Gasteiger partial charge in [0.1, 0.15) is 0 Å². The van der Waals surface area contributed by atoms with Gasteiger partial charge in [-0.2, -0.15) is 0 Å². The third-order valence-corrected chi connectivity index (χ3v) is 4.28. The summed E-state index contributed by atoms with van der Waals surface area (Å²) in [6.45, 7) is 9.46. The summed E-state index contributed by atoms with van der Waals surface area (Å²) in [5, 5.41) is 0. The molecule has 0 aromatic heterocycles. The zero-order valence-corrected chi connectivity index (χ0v) is 14.9. The van der Waals surface area contributed by atoms with E-state index in [1.165, 1.54) is 0 Å². The van der Waals surface area contributed by atoms with Crippen LogP contribution in [0, 0.1) is 11.8 Å². The summed E-state index contributed by atoms with van der Waals surface area (Å²) in [7, 11) is 0. The zero-order chi connectivity index (χ0) is 16.8. The van der Waals surface area contributed by atoms with E-state index in [-0.39, 0.29) is 11.9 Å². The third kappa shape index (κ3) is 10.6. The Kier molecular flexibility index (Phi) is 12.9. The molecule has 0 rings (SSSR count). The molecule has 0 saturated heterocycles. The minimum atomic E-state index is -0.155. The van der Waals surface area contributed by atoms with Crippen LogP contribution in [0.1, 0.15) is 79.1 Å². The molecular formula is C18H34O4. The standard InChI is InChI=1S/C18H34O4/c1-5-15(6-2)13-21-17(19)11-9-10-12-18(20)22-14-16(7-3)8-4/h15-16H,5-14H2,1-4H3. The normalized spacial score (nSPS) is 11.0. The number of esters is 2. The Morgan fingerprint density at radius 1 is 0.682 bits per heavy atom. The van der Waals surface area contributed by atoms with Gasteiger partial charge in [0.05, 0.1) is 13.2 Å². The molecule has 0 bridgehead atoms. The SMILES string of the molecule is CCC(CC)COC(=O)CCCCC(=O)OCC(CC)CC. The lowest BCUT2D eigenvalue weighted by Gasteiger charge is -2.13. The lowest BCUT2D eigenvalue weighted by molar-refractivity contribution is -0.147. The van der Waals surface area contributed by atoms with Gasteiger partial charge in [0.15, 0.2) is 0 Å². The van der Waals surface area contributed by atoms with Crippen LogP contribution in [-0.2, 0) is 19.1 Å². The first-order chi connectivity index (χ1) is 10.6. The summed E-state index contributed by atoms with van der Waals surface area (Å²) in [5.41, 5.74) is 0. The molecule has 0 atom stereocenters. The van der Waals surface area contributed by atoms with Crippen LogP contribution in [0.3, 0.4) is 0 Å². The quantitative estimate of drug-likeness (QED) is 0.371. The Morgan fingerprint density at radius 3 is 1.27 bits per heavy atom. The highest BCUT2D eigenvalue weighted by molar-refractivity contribution is 5.70. The van der Waals surface area contributed by atoms with Crippen molar-refractivity contribution in [3.63, 3.8) is 0 Å². The summed E-state index contributed by atoms with van der Waals surface area (Å²) < 4.78 is 10.5. The minimum absolute atomic E-state index is 0.155. The van der Waals surface area contributed by atoms with Crippen LogP contribution in [0.15, 0.2) is 0 Å². The van der Waals surface area contributed by atoms with Crippen LogP contribution in [0.25, 0.3) is 0 Å². The molecule has 0 radical (unpaired) electrons. The predicted octanol–water partition coefficient (Wildman–Crippen LogP) is 4.51. The fourth-order valence-corrected chi connectivity index (χ4v) is 2.15. The highest BCUT2D eigenvalue weighted by Crippen LogP contribution is 2.11. The molecule has 0 amide bonds. The van der Waals surface area contributed by atoms with E-state index in [4.69, 9.17) is 9.47 Å². The van der Waals surface area contributed by atoms with Gasteiger partial charge in [-0.1, -0.05) is 53.4 Å². The fraction of sp³-hybridized carbons (Fsp3) is 0.889. The second-order valence-electron chi connectivity index (χ2n) is 5.94. The van der Waals surface area contributed by atoms with E-state index in [0.29, 0.717) is 50.7 Å². The van der Waals surface area contributed by atoms with Crippen LogP contribution in [0.5, 0.6) is 0 Å². The molecule has 130 valence electrons. The highest BCUT2D eigenvalue weighted by atomic mass is 16.5.